The minimum absolute atomic E-state index is 0.490. The summed E-state index contributed by atoms with van der Waals surface area (Å²) in [4.78, 5) is 0. The number of rotatable bonds is 12. The molecule has 1 saturated carbocycles. The van der Waals surface area contributed by atoms with Crippen LogP contribution in [0.15, 0.2) is 24.3 Å². The highest BCUT2D eigenvalue weighted by Gasteiger charge is 2.22. The molecule has 1 aliphatic carbocycles. The van der Waals surface area contributed by atoms with Crippen molar-refractivity contribution >= 4 is 0 Å². The maximum atomic E-state index is 5.84. The highest BCUT2D eigenvalue weighted by molar-refractivity contribution is 5.29. The van der Waals surface area contributed by atoms with Gasteiger partial charge in [0.25, 0.3) is 0 Å². The first-order valence-corrected chi connectivity index (χ1v) is 9.29. The number of benzene rings is 1. The molecule has 0 spiro atoms. The van der Waals surface area contributed by atoms with Gasteiger partial charge in [0.1, 0.15) is 5.75 Å². The fourth-order valence-electron chi connectivity index (χ4n) is 2.82. The molecule has 2 heteroatoms. The zero-order valence-corrected chi connectivity index (χ0v) is 14.4. The van der Waals surface area contributed by atoms with Crippen molar-refractivity contribution in [2.45, 2.75) is 71.3 Å². The average molecular weight is 303 g/mol. The Kier molecular flexibility index (Phi) is 7.79. The first-order chi connectivity index (χ1) is 10.8. The van der Waals surface area contributed by atoms with Crippen molar-refractivity contribution in [3.63, 3.8) is 0 Å². The molecule has 1 unspecified atom stereocenters. The second kappa shape index (κ2) is 9.89. The van der Waals surface area contributed by atoms with Crippen molar-refractivity contribution in [1.82, 2.24) is 5.32 Å². The molecular formula is C20H33NO. The summed E-state index contributed by atoms with van der Waals surface area (Å²) in [6, 6.07) is 9.19. The number of hydrogen-bond acceptors (Lipinski definition) is 2. The molecule has 0 radical (unpaired) electrons. The van der Waals surface area contributed by atoms with E-state index in [4.69, 9.17) is 4.74 Å². The SMILES string of the molecule is CCCCCCCOc1ccc(C(CC)NCC2CC2)cc1. The van der Waals surface area contributed by atoms with Crippen LogP contribution in [0, 0.1) is 5.92 Å². The molecule has 124 valence electrons. The summed E-state index contributed by atoms with van der Waals surface area (Å²) in [5.41, 5.74) is 1.39. The van der Waals surface area contributed by atoms with Gasteiger partial charge in [-0.15, -0.1) is 0 Å². The first-order valence-electron chi connectivity index (χ1n) is 9.29. The van der Waals surface area contributed by atoms with Crippen LogP contribution in [0.3, 0.4) is 0 Å². The molecule has 1 aromatic carbocycles. The van der Waals surface area contributed by atoms with Gasteiger partial charge in [-0.1, -0.05) is 51.7 Å². The van der Waals surface area contributed by atoms with Gasteiger partial charge in [0, 0.05) is 6.04 Å². The predicted molar refractivity (Wildman–Crippen MR) is 94.5 cm³/mol. The Morgan fingerprint density at radius 3 is 2.41 bits per heavy atom. The molecule has 1 N–H and O–H groups in total. The van der Waals surface area contributed by atoms with E-state index in [1.165, 1.54) is 57.1 Å². The Labute approximate surface area is 136 Å². The van der Waals surface area contributed by atoms with Gasteiger partial charge in [-0.3, -0.25) is 0 Å². The second-order valence-corrected chi connectivity index (χ2v) is 6.64. The summed E-state index contributed by atoms with van der Waals surface area (Å²) < 4.78 is 5.84. The molecule has 2 rings (SSSR count). The highest BCUT2D eigenvalue weighted by atomic mass is 16.5. The molecule has 1 aromatic rings. The topological polar surface area (TPSA) is 21.3 Å². The summed E-state index contributed by atoms with van der Waals surface area (Å²) in [5, 5.41) is 3.70. The molecule has 1 atom stereocenters. The zero-order chi connectivity index (χ0) is 15.6. The Hall–Kier alpha value is -1.02. The number of hydrogen-bond donors (Lipinski definition) is 1. The van der Waals surface area contributed by atoms with Gasteiger partial charge < -0.3 is 10.1 Å². The molecular weight excluding hydrogens is 270 g/mol. The molecule has 0 aliphatic heterocycles. The van der Waals surface area contributed by atoms with Crippen LogP contribution in [-0.2, 0) is 0 Å². The van der Waals surface area contributed by atoms with Gasteiger partial charge >= 0.3 is 0 Å². The highest BCUT2D eigenvalue weighted by Crippen LogP contribution is 2.29. The van der Waals surface area contributed by atoms with E-state index >= 15 is 0 Å². The van der Waals surface area contributed by atoms with Gasteiger partial charge in [-0.05, 0) is 55.8 Å². The molecule has 0 saturated heterocycles. The smallest absolute Gasteiger partial charge is 0.119 e. The van der Waals surface area contributed by atoms with Crippen LogP contribution < -0.4 is 10.1 Å². The van der Waals surface area contributed by atoms with E-state index in [-0.39, 0.29) is 0 Å². The summed E-state index contributed by atoms with van der Waals surface area (Å²) in [5.74, 6) is 1.95. The van der Waals surface area contributed by atoms with Crippen LogP contribution in [0.1, 0.15) is 76.8 Å². The van der Waals surface area contributed by atoms with E-state index in [2.05, 4.69) is 43.4 Å². The third-order valence-corrected chi connectivity index (χ3v) is 4.56. The lowest BCUT2D eigenvalue weighted by Gasteiger charge is -2.18. The second-order valence-electron chi connectivity index (χ2n) is 6.64. The first kappa shape index (κ1) is 17.3. The minimum atomic E-state index is 0.490. The van der Waals surface area contributed by atoms with Crippen molar-refractivity contribution in [3.8, 4) is 5.75 Å². The van der Waals surface area contributed by atoms with Crippen molar-refractivity contribution in [2.24, 2.45) is 5.92 Å². The zero-order valence-electron chi connectivity index (χ0n) is 14.4. The van der Waals surface area contributed by atoms with Gasteiger partial charge in [0.15, 0.2) is 0 Å². The lowest BCUT2D eigenvalue weighted by molar-refractivity contribution is 0.304. The van der Waals surface area contributed by atoms with Crippen molar-refractivity contribution in [3.05, 3.63) is 29.8 Å². The van der Waals surface area contributed by atoms with Crippen LogP contribution in [-0.4, -0.2) is 13.2 Å². The van der Waals surface area contributed by atoms with Crippen LogP contribution in [0.25, 0.3) is 0 Å². The van der Waals surface area contributed by atoms with Gasteiger partial charge in [-0.2, -0.15) is 0 Å². The van der Waals surface area contributed by atoms with Crippen molar-refractivity contribution < 1.29 is 4.74 Å². The maximum Gasteiger partial charge on any atom is 0.119 e. The molecule has 1 fully saturated rings. The van der Waals surface area contributed by atoms with E-state index in [1.54, 1.807) is 0 Å². The van der Waals surface area contributed by atoms with Crippen molar-refractivity contribution in [2.75, 3.05) is 13.2 Å². The molecule has 1 aliphatic rings. The molecule has 0 bridgehead atoms. The Morgan fingerprint density at radius 2 is 1.77 bits per heavy atom. The van der Waals surface area contributed by atoms with E-state index in [9.17, 15) is 0 Å². The fraction of sp³-hybridized carbons (Fsp3) is 0.700. The minimum Gasteiger partial charge on any atom is -0.494 e. The molecule has 0 aromatic heterocycles. The number of nitrogens with one attached hydrogen (secondary N) is 1. The van der Waals surface area contributed by atoms with Crippen LogP contribution in [0.5, 0.6) is 5.75 Å². The molecule has 0 heterocycles. The molecule has 22 heavy (non-hydrogen) atoms. The van der Waals surface area contributed by atoms with Crippen LogP contribution >= 0.6 is 0 Å². The van der Waals surface area contributed by atoms with Gasteiger partial charge in [-0.25, -0.2) is 0 Å². The fourth-order valence-corrected chi connectivity index (χ4v) is 2.82. The Morgan fingerprint density at radius 1 is 1.05 bits per heavy atom. The Balaban J connectivity index is 1.69. The average Bonchev–Trinajstić information content (AvgIpc) is 3.37. The number of unbranched alkanes of at least 4 members (excludes halogenated alkanes) is 4. The summed E-state index contributed by atoms with van der Waals surface area (Å²) in [7, 11) is 0. The Bertz CT molecular complexity index is 397. The molecule has 2 nitrogen and oxygen atoms in total. The third-order valence-electron chi connectivity index (χ3n) is 4.56. The molecule has 0 amide bonds. The normalized spacial score (nSPS) is 15.7. The van der Waals surface area contributed by atoms with E-state index in [1.807, 2.05) is 0 Å². The largest absolute Gasteiger partial charge is 0.494 e. The maximum absolute atomic E-state index is 5.84. The quantitative estimate of drug-likeness (QED) is 0.516. The third kappa shape index (κ3) is 6.39. The van der Waals surface area contributed by atoms with Crippen LogP contribution in [0.4, 0.5) is 0 Å². The number of ether oxygens (including phenoxy) is 1. The summed E-state index contributed by atoms with van der Waals surface area (Å²) >= 11 is 0. The summed E-state index contributed by atoms with van der Waals surface area (Å²) in [6.07, 6.45) is 10.4. The van der Waals surface area contributed by atoms with Gasteiger partial charge in [0.05, 0.1) is 6.61 Å². The predicted octanol–water partition coefficient (Wildman–Crippen LogP) is 5.49. The van der Waals surface area contributed by atoms with E-state index in [0.717, 1.165) is 24.7 Å². The standard InChI is InChI=1S/C20H33NO/c1-3-5-6-7-8-15-22-19-13-11-18(12-14-19)20(4-2)21-16-17-9-10-17/h11-14,17,20-21H,3-10,15-16H2,1-2H3. The lowest BCUT2D eigenvalue weighted by atomic mass is 10.0. The van der Waals surface area contributed by atoms with Crippen LogP contribution in [0.2, 0.25) is 0 Å². The van der Waals surface area contributed by atoms with E-state index < -0.39 is 0 Å². The summed E-state index contributed by atoms with van der Waals surface area (Å²) in [6.45, 7) is 6.53. The monoisotopic (exact) mass is 303 g/mol. The van der Waals surface area contributed by atoms with Gasteiger partial charge in [0.2, 0.25) is 0 Å². The van der Waals surface area contributed by atoms with Crippen molar-refractivity contribution in [1.29, 1.82) is 0 Å². The lowest BCUT2D eigenvalue weighted by Crippen LogP contribution is -2.22. The van der Waals surface area contributed by atoms with E-state index in [0.29, 0.717) is 6.04 Å².